The van der Waals surface area contributed by atoms with Crippen molar-refractivity contribution < 1.29 is 44.1 Å². The molecule has 2 aromatic rings. The standard InChI is InChI=1S/C29H32N2O9/c1-2-3-4-5-6-7-8-19-22(32)15-9-11-17-21-18(12-10-16(20(15)21)23(19)33)28(38)31(27(17)37)14-13-30-26(36)24(34)25(35)29(39)40/h9-12,19,24-25,34-35H,2-8,13-14H2,1H3,(H,30,36)(H,39,40)/t24-,25+/m0/s1. The largest absolute Gasteiger partial charge is 0.479 e. The zero-order valence-electron chi connectivity index (χ0n) is 22.1. The van der Waals surface area contributed by atoms with Crippen LogP contribution in [0.2, 0.25) is 0 Å². The average molecular weight is 553 g/mol. The van der Waals surface area contributed by atoms with Gasteiger partial charge in [-0.05, 0) is 30.7 Å². The molecule has 1 aliphatic carbocycles. The Balaban J connectivity index is 1.52. The zero-order valence-corrected chi connectivity index (χ0v) is 22.1. The zero-order chi connectivity index (χ0) is 29.1. The van der Waals surface area contributed by atoms with Crippen LogP contribution < -0.4 is 5.32 Å². The first kappa shape index (κ1) is 29.0. The summed E-state index contributed by atoms with van der Waals surface area (Å²) in [5, 5.41) is 30.4. The van der Waals surface area contributed by atoms with Crippen molar-refractivity contribution >= 4 is 46.0 Å². The van der Waals surface area contributed by atoms with Crippen LogP contribution in [0, 0.1) is 5.92 Å². The number of aliphatic hydroxyl groups is 2. The molecular formula is C29H32N2O9. The lowest BCUT2D eigenvalue weighted by atomic mass is 9.75. The summed E-state index contributed by atoms with van der Waals surface area (Å²) in [5.74, 6) is -5.73. The van der Waals surface area contributed by atoms with Crippen LogP contribution in [0.15, 0.2) is 24.3 Å². The summed E-state index contributed by atoms with van der Waals surface area (Å²) in [5.41, 5.74) is 0.910. The van der Waals surface area contributed by atoms with Gasteiger partial charge < -0.3 is 20.6 Å². The maximum atomic E-state index is 13.4. The molecular weight excluding hydrogens is 520 g/mol. The van der Waals surface area contributed by atoms with Crippen LogP contribution in [0.1, 0.15) is 93.3 Å². The number of aliphatic hydroxyl groups excluding tert-OH is 2. The molecule has 0 saturated carbocycles. The number of carbonyl (C=O) groups is 6. The molecule has 2 atom stereocenters. The Morgan fingerprint density at radius 3 is 1.85 bits per heavy atom. The first-order valence-electron chi connectivity index (χ1n) is 13.5. The molecule has 1 heterocycles. The van der Waals surface area contributed by atoms with Crippen LogP contribution >= 0.6 is 0 Å². The number of unbranched alkanes of at least 4 members (excludes halogenated alkanes) is 5. The number of imide groups is 1. The van der Waals surface area contributed by atoms with E-state index in [0.29, 0.717) is 22.9 Å². The van der Waals surface area contributed by atoms with Crippen LogP contribution in [-0.2, 0) is 9.59 Å². The van der Waals surface area contributed by atoms with Crippen LogP contribution in [-0.4, -0.2) is 80.8 Å². The van der Waals surface area contributed by atoms with Gasteiger partial charge in [0.25, 0.3) is 17.7 Å². The Morgan fingerprint density at radius 1 is 0.800 bits per heavy atom. The molecule has 0 aromatic heterocycles. The van der Waals surface area contributed by atoms with Crippen molar-refractivity contribution in [2.45, 2.75) is 64.1 Å². The second kappa shape index (κ2) is 12.1. The van der Waals surface area contributed by atoms with Gasteiger partial charge in [-0.3, -0.25) is 28.9 Å². The second-order valence-corrected chi connectivity index (χ2v) is 10.2. The van der Waals surface area contributed by atoms with Crippen molar-refractivity contribution in [3.05, 3.63) is 46.5 Å². The molecule has 0 radical (unpaired) electrons. The van der Waals surface area contributed by atoms with Gasteiger partial charge in [0, 0.05) is 46.1 Å². The number of Topliss-reactive ketones (excluding diaryl/α,β-unsaturated/α-hetero) is 2. The Kier molecular flexibility index (Phi) is 8.75. The second-order valence-electron chi connectivity index (χ2n) is 10.2. The number of hydrogen-bond acceptors (Lipinski definition) is 8. The number of nitrogens with zero attached hydrogens (tertiary/aromatic N) is 1. The van der Waals surface area contributed by atoms with Gasteiger partial charge in [0.15, 0.2) is 23.8 Å². The van der Waals surface area contributed by atoms with E-state index in [0.717, 1.165) is 43.4 Å². The van der Waals surface area contributed by atoms with Crippen molar-refractivity contribution in [1.29, 1.82) is 0 Å². The summed E-state index contributed by atoms with van der Waals surface area (Å²) in [6.45, 7) is 1.52. The van der Waals surface area contributed by atoms with E-state index in [2.05, 4.69) is 12.2 Å². The lowest BCUT2D eigenvalue weighted by molar-refractivity contribution is -0.158. The number of ketones is 2. The molecule has 1 aliphatic heterocycles. The van der Waals surface area contributed by atoms with Crippen LogP contribution in [0.4, 0.5) is 0 Å². The summed E-state index contributed by atoms with van der Waals surface area (Å²) in [6.07, 6.45) is 2.05. The molecule has 0 unspecified atom stereocenters. The van der Waals surface area contributed by atoms with Crippen LogP contribution in [0.25, 0.3) is 10.8 Å². The van der Waals surface area contributed by atoms with Gasteiger partial charge in [-0.1, -0.05) is 45.4 Å². The van der Waals surface area contributed by atoms with Crippen molar-refractivity contribution in [2.24, 2.45) is 5.92 Å². The molecule has 11 heteroatoms. The van der Waals surface area contributed by atoms with Crippen LogP contribution in [0.3, 0.4) is 0 Å². The predicted octanol–water partition coefficient (Wildman–Crippen LogP) is 2.10. The Labute approximate surface area is 230 Å². The summed E-state index contributed by atoms with van der Waals surface area (Å²) in [7, 11) is 0. The van der Waals surface area contributed by atoms with Gasteiger partial charge in [0.1, 0.15) is 0 Å². The third-order valence-corrected chi connectivity index (χ3v) is 7.58. The van der Waals surface area contributed by atoms with E-state index in [-0.39, 0.29) is 41.2 Å². The molecule has 11 nitrogen and oxygen atoms in total. The smallest absolute Gasteiger partial charge is 0.335 e. The summed E-state index contributed by atoms with van der Waals surface area (Å²) < 4.78 is 0. The van der Waals surface area contributed by atoms with Crippen molar-refractivity contribution in [3.63, 3.8) is 0 Å². The molecule has 3 amide bonds. The van der Waals surface area contributed by atoms with Gasteiger partial charge in [-0.25, -0.2) is 4.79 Å². The Hall–Kier alpha value is -3.96. The van der Waals surface area contributed by atoms with E-state index in [1.165, 1.54) is 24.3 Å². The first-order chi connectivity index (χ1) is 19.1. The molecule has 4 N–H and O–H groups in total. The number of nitrogens with one attached hydrogen (secondary N) is 1. The van der Waals surface area contributed by atoms with Crippen molar-refractivity contribution in [2.75, 3.05) is 13.1 Å². The molecule has 4 rings (SSSR count). The fourth-order valence-corrected chi connectivity index (χ4v) is 5.41. The SMILES string of the molecule is CCCCCCCCC1C(=O)c2ccc3c4c(ccc(c24)C1=O)C(=O)N(CCNC(=O)[C@@H](O)[C@@H](O)C(=O)O)C3=O. The highest BCUT2D eigenvalue weighted by molar-refractivity contribution is 6.35. The number of amides is 3. The van der Waals surface area contributed by atoms with Gasteiger partial charge in [0.05, 0.1) is 5.92 Å². The fourth-order valence-electron chi connectivity index (χ4n) is 5.41. The Bertz CT molecular complexity index is 1330. The third-order valence-electron chi connectivity index (χ3n) is 7.58. The molecule has 2 aliphatic rings. The number of hydrogen-bond donors (Lipinski definition) is 4. The molecule has 0 bridgehead atoms. The molecule has 40 heavy (non-hydrogen) atoms. The normalized spacial score (nSPS) is 16.4. The highest BCUT2D eigenvalue weighted by atomic mass is 16.4. The van der Waals surface area contributed by atoms with E-state index >= 15 is 0 Å². The lowest BCUT2D eigenvalue weighted by Gasteiger charge is -2.30. The maximum Gasteiger partial charge on any atom is 0.335 e. The number of rotatable bonds is 13. The monoisotopic (exact) mass is 552 g/mol. The number of aliphatic carboxylic acids is 1. The molecule has 0 spiro atoms. The minimum Gasteiger partial charge on any atom is -0.479 e. The summed E-state index contributed by atoms with van der Waals surface area (Å²) in [4.78, 5) is 76.9. The molecule has 0 fully saturated rings. The summed E-state index contributed by atoms with van der Waals surface area (Å²) >= 11 is 0. The van der Waals surface area contributed by atoms with E-state index < -0.39 is 41.8 Å². The van der Waals surface area contributed by atoms with Gasteiger partial charge in [-0.15, -0.1) is 0 Å². The summed E-state index contributed by atoms with van der Waals surface area (Å²) in [6, 6.07) is 5.97. The number of benzene rings is 2. The topological polar surface area (TPSA) is 178 Å². The van der Waals surface area contributed by atoms with Gasteiger partial charge >= 0.3 is 5.97 Å². The van der Waals surface area contributed by atoms with Crippen molar-refractivity contribution in [3.8, 4) is 0 Å². The maximum absolute atomic E-state index is 13.4. The third kappa shape index (κ3) is 5.26. The molecule has 2 aromatic carbocycles. The molecule has 0 saturated heterocycles. The lowest BCUT2D eigenvalue weighted by Crippen LogP contribution is -2.49. The Morgan fingerprint density at radius 2 is 1.30 bits per heavy atom. The van der Waals surface area contributed by atoms with E-state index in [1.807, 2.05) is 0 Å². The van der Waals surface area contributed by atoms with Gasteiger partial charge in [-0.2, -0.15) is 0 Å². The fraction of sp³-hybridized carbons (Fsp3) is 0.448. The van der Waals surface area contributed by atoms with E-state index in [1.54, 1.807) is 0 Å². The van der Waals surface area contributed by atoms with Crippen molar-refractivity contribution in [1.82, 2.24) is 10.2 Å². The minimum atomic E-state index is -2.33. The molecule has 212 valence electrons. The van der Waals surface area contributed by atoms with Gasteiger partial charge in [0.2, 0.25) is 0 Å². The predicted molar refractivity (Wildman–Crippen MR) is 142 cm³/mol. The number of carboxylic acid groups (broad SMARTS) is 1. The highest BCUT2D eigenvalue weighted by Crippen LogP contribution is 2.40. The number of carboxylic acids is 1. The quantitative estimate of drug-likeness (QED) is 0.164. The minimum absolute atomic E-state index is 0.137. The van der Waals surface area contributed by atoms with E-state index in [4.69, 9.17) is 5.11 Å². The van der Waals surface area contributed by atoms with E-state index in [9.17, 15) is 39.0 Å². The van der Waals surface area contributed by atoms with Crippen LogP contribution in [0.5, 0.6) is 0 Å². The highest BCUT2D eigenvalue weighted by Gasteiger charge is 2.40. The first-order valence-corrected chi connectivity index (χ1v) is 13.5. The number of carbonyl (C=O) groups excluding carboxylic acids is 5. The average Bonchev–Trinajstić information content (AvgIpc) is 2.94.